The molecule has 4 rings (SSSR count). The van der Waals surface area contributed by atoms with Gasteiger partial charge in [0.25, 0.3) is 0 Å². The third-order valence-electron chi connectivity index (χ3n) is 5.77. The minimum atomic E-state index is -0.290. The van der Waals surface area contributed by atoms with E-state index in [4.69, 9.17) is 9.26 Å². The topological polar surface area (TPSA) is 58.7 Å². The minimum absolute atomic E-state index is 0.00659. The van der Waals surface area contributed by atoms with E-state index < -0.39 is 0 Å². The molecule has 1 spiro atoms. The summed E-state index contributed by atoms with van der Waals surface area (Å²) in [4.78, 5) is 2.40. The summed E-state index contributed by atoms with van der Waals surface area (Å²) in [6.07, 6.45) is 3.93. The molecule has 0 unspecified atom stereocenters. The predicted molar refractivity (Wildman–Crippen MR) is 98.6 cm³/mol. The van der Waals surface area contributed by atoms with Gasteiger partial charge in [-0.05, 0) is 24.8 Å². The van der Waals surface area contributed by atoms with Gasteiger partial charge in [-0.15, -0.1) is 0 Å². The van der Waals surface area contributed by atoms with Crippen LogP contribution >= 0.6 is 0 Å². The summed E-state index contributed by atoms with van der Waals surface area (Å²) < 4.78 is 12.0. The van der Waals surface area contributed by atoms with Gasteiger partial charge in [-0.1, -0.05) is 42.4 Å². The van der Waals surface area contributed by atoms with Crippen LogP contribution in [0.2, 0.25) is 0 Å². The summed E-state index contributed by atoms with van der Waals surface area (Å²) in [6.45, 7) is 4.79. The average Bonchev–Trinajstić information content (AvgIpc) is 3.12. The summed E-state index contributed by atoms with van der Waals surface area (Å²) in [5, 5.41) is 14.6. The molecule has 1 aromatic heterocycles. The van der Waals surface area contributed by atoms with Gasteiger partial charge in [0.15, 0.2) is 5.76 Å². The molecule has 2 aliphatic rings. The maximum Gasteiger partial charge on any atom is 0.150 e. The van der Waals surface area contributed by atoms with Crippen molar-refractivity contribution in [3.05, 3.63) is 53.4 Å². The number of piperidine rings is 1. The first-order chi connectivity index (χ1) is 12.7. The molecular formula is C21H28N2O3. The number of rotatable bonds is 4. The van der Waals surface area contributed by atoms with Crippen molar-refractivity contribution in [1.29, 1.82) is 0 Å². The van der Waals surface area contributed by atoms with Gasteiger partial charge in [0, 0.05) is 32.0 Å². The van der Waals surface area contributed by atoms with Crippen molar-refractivity contribution in [2.45, 2.75) is 63.4 Å². The molecule has 2 atom stereocenters. The molecule has 5 heteroatoms. The Hall–Kier alpha value is -1.69. The summed E-state index contributed by atoms with van der Waals surface area (Å²) in [6, 6.07) is 12.3. The van der Waals surface area contributed by atoms with Crippen molar-refractivity contribution < 1.29 is 14.4 Å². The van der Waals surface area contributed by atoms with Crippen molar-refractivity contribution in [2.24, 2.45) is 0 Å². The van der Waals surface area contributed by atoms with Crippen LogP contribution in [0.15, 0.2) is 40.9 Å². The van der Waals surface area contributed by atoms with E-state index >= 15 is 0 Å². The Labute approximate surface area is 154 Å². The van der Waals surface area contributed by atoms with Gasteiger partial charge in [0.1, 0.15) is 0 Å². The first kappa shape index (κ1) is 17.7. The first-order valence-corrected chi connectivity index (χ1v) is 9.73. The number of aliphatic hydroxyl groups is 1. The molecule has 1 N–H and O–H groups in total. The van der Waals surface area contributed by atoms with Crippen molar-refractivity contribution in [1.82, 2.24) is 10.1 Å². The highest BCUT2D eigenvalue weighted by molar-refractivity contribution is 5.19. The Kier molecular flexibility index (Phi) is 5.11. The van der Waals surface area contributed by atoms with E-state index in [0.29, 0.717) is 6.42 Å². The molecule has 2 saturated heterocycles. The Balaban J connectivity index is 1.39. The van der Waals surface area contributed by atoms with Crippen molar-refractivity contribution >= 4 is 0 Å². The highest BCUT2D eigenvalue weighted by Crippen LogP contribution is 2.43. The van der Waals surface area contributed by atoms with E-state index in [1.54, 1.807) is 0 Å². The molecule has 5 nitrogen and oxygen atoms in total. The van der Waals surface area contributed by atoms with Gasteiger partial charge in [-0.2, -0.15) is 0 Å². The number of nitrogens with zero attached hydrogens (tertiary/aromatic N) is 2. The molecule has 0 saturated carbocycles. The molecule has 1 aromatic carbocycles. The first-order valence-electron chi connectivity index (χ1n) is 9.73. The molecule has 140 valence electrons. The van der Waals surface area contributed by atoms with Gasteiger partial charge < -0.3 is 14.4 Å². The molecule has 0 aliphatic carbocycles. The average molecular weight is 356 g/mol. The number of likely N-dealkylation sites (tertiary alicyclic amines) is 1. The molecule has 0 bridgehead atoms. The maximum atomic E-state index is 10.5. The molecular weight excluding hydrogens is 328 g/mol. The van der Waals surface area contributed by atoms with Crippen LogP contribution in [0, 0.1) is 0 Å². The smallest absolute Gasteiger partial charge is 0.150 e. The number of hydrogen-bond acceptors (Lipinski definition) is 5. The quantitative estimate of drug-likeness (QED) is 0.909. The van der Waals surface area contributed by atoms with E-state index in [1.165, 1.54) is 5.56 Å². The monoisotopic (exact) mass is 356 g/mol. The zero-order valence-corrected chi connectivity index (χ0v) is 15.4. The second-order valence-corrected chi connectivity index (χ2v) is 7.71. The highest BCUT2D eigenvalue weighted by Gasteiger charge is 2.43. The third kappa shape index (κ3) is 3.85. The molecule has 2 aromatic rings. The van der Waals surface area contributed by atoms with Crippen LogP contribution < -0.4 is 0 Å². The number of aromatic nitrogens is 1. The maximum absolute atomic E-state index is 10.5. The van der Waals surface area contributed by atoms with Crippen LogP contribution in [0.3, 0.4) is 0 Å². The zero-order chi connectivity index (χ0) is 18.0. The van der Waals surface area contributed by atoms with Crippen LogP contribution in [0.1, 0.15) is 55.7 Å². The van der Waals surface area contributed by atoms with Gasteiger partial charge in [0.05, 0.1) is 30.0 Å². The Morgan fingerprint density at radius 3 is 2.69 bits per heavy atom. The number of ether oxygens (including phenoxy) is 1. The molecule has 3 heterocycles. The number of benzene rings is 1. The van der Waals surface area contributed by atoms with Crippen LogP contribution in [0.5, 0.6) is 0 Å². The van der Waals surface area contributed by atoms with Crippen LogP contribution in [0.25, 0.3) is 0 Å². The largest absolute Gasteiger partial charge is 0.393 e. The normalized spacial score (nSPS) is 26.2. The summed E-state index contributed by atoms with van der Waals surface area (Å²) in [7, 11) is 0. The van der Waals surface area contributed by atoms with Crippen molar-refractivity contribution in [3.8, 4) is 0 Å². The van der Waals surface area contributed by atoms with Crippen LogP contribution in [0.4, 0.5) is 0 Å². The SMILES string of the molecule is CCc1cc(CN2CCC3(CC2)C[C@@H](O)C[C@H](c2ccccc2)O3)on1. The van der Waals surface area contributed by atoms with E-state index in [9.17, 15) is 5.11 Å². The van der Waals surface area contributed by atoms with Gasteiger partial charge >= 0.3 is 0 Å². The lowest BCUT2D eigenvalue weighted by molar-refractivity contribution is -0.184. The summed E-state index contributed by atoms with van der Waals surface area (Å²) >= 11 is 0. The summed E-state index contributed by atoms with van der Waals surface area (Å²) in [5.41, 5.74) is 1.98. The lowest BCUT2D eigenvalue weighted by Crippen LogP contribution is -2.50. The fraction of sp³-hybridized carbons (Fsp3) is 0.571. The predicted octanol–water partition coefficient (Wildman–Crippen LogP) is 3.48. The van der Waals surface area contributed by atoms with E-state index in [-0.39, 0.29) is 17.8 Å². The van der Waals surface area contributed by atoms with Crippen molar-refractivity contribution in [3.63, 3.8) is 0 Å². The van der Waals surface area contributed by atoms with Crippen molar-refractivity contribution in [2.75, 3.05) is 13.1 Å². The molecule has 2 fully saturated rings. The number of aryl methyl sites for hydroxylation is 1. The fourth-order valence-corrected chi connectivity index (χ4v) is 4.29. The standard InChI is InChI=1S/C21H28N2O3/c1-2-17-12-19(26-22-17)15-23-10-8-21(9-11-23)14-18(24)13-20(25-21)16-6-4-3-5-7-16/h3-7,12,18,20,24H,2,8-11,13-15H2,1H3/t18-,20+/m0/s1. The van der Waals surface area contributed by atoms with Gasteiger partial charge in [0.2, 0.25) is 0 Å². The Bertz CT molecular complexity index is 707. The molecule has 2 aliphatic heterocycles. The molecule has 0 amide bonds. The van der Waals surface area contributed by atoms with Crippen LogP contribution in [-0.2, 0) is 17.7 Å². The zero-order valence-electron chi connectivity index (χ0n) is 15.4. The van der Waals surface area contributed by atoms with Gasteiger partial charge in [-0.3, -0.25) is 4.90 Å². The minimum Gasteiger partial charge on any atom is -0.393 e. The lowest BCUT2D eigenvalue weighted by Gasteiger charge is -2.48. The number of aliphatic hydroxyl groups excluding tert-OH is 1. The van der Waals surface area contributed by atoms with Crippen LogP contribution in [-0.4, -0.2) is 40.0 Å². The molecule has 0 radical (unpaired) electrons. The number of hydrogen-bond donors (Lipinski definition) is 1. The van der Waals surface area contributed by atoms with E-state index in [2.05, 4.69) is 35.2 Å². The second-order valence-electron chi connectivity index (χ2n) is 7.71. The highest BCUT2D eigenvalue weighted by atomic mass is 16.5. The molecule has 26 heavy (non-hydrogen) atoms. The van der Waals surface area contributed by atoms with Gasteiger partial charge in [-0.25, -0.2) is 0 Å². The third-order valence-corrected chi connectivity index (χ3v) is 5.77. The Morgan fingerprint density at radius 1 is 1.23 bits per heavy atom. The van der Waals surface area contributed by atoms with E-state index in [0.717, 1.165) is 56.8 Å². The fourth-order valence-electron chi connectivity index (χ4n) is 4.29. The summed E-state index contributed by atoms with van der Waals surface area (Å²) in [5.74, 6) is 0.935. The second kappa shape index (κ2) is 7.51. The Morgan fingerprint density at radius 2 is 2.00 bits per heavy atom. The lowest BCUT2D eigenvalue weighted by atomic mass is 9.81. The van der Waals surface area contributed by atoms with E-state index in [1.807, 2.05) is 18.2 Å².